The first-order chi connectivity index (χ1) is 14.1. The van der Waals surface area contributed by atoms with Gasteiger partial charge in [0.2, 0.25) is 0 Å². The van der Waals surface area contributed by atoms with E-state index in [1.807, 2.05) is 37.3 Å². The van der Waals surface area contributed by atoms with Gasteiger partial charge >= 0.3 is 0 Å². The van der Waals surface area contributed by atoms with Crippen LogP contribution in [0.2, 0.25) is 0 Å². The second kappa shape index (κ2) is 9.68. The molecule has 5 nitrogen and oxygen atoms in total. The Labute approximate surface area is 172 Å². The van der Waals surface area contributed by atoms with Crippen molar-refractivity contribution in [1.82, 2.24) is 0 Å². The van der Waals surface area contributed by atoms with Crippen LogP contribution < -0.4 is 18.9 Å². The van der Waals surface area contributed by atoms with Crippen LogP contribution in [0.1, 0.15) is 60.9 Å². The Hall–Kier alpha value is -2.69. The molecule has 0 heterocycles. The predicted molar refractivity (Wildman–Crippen MR) is 113 cm³/mol. The number of hydrogen-bond acceptors (Lipinski definition) is 5. The molecule has 0 bridgehead atoms. The number of ether oxygens (including phenoxy) is 4. The fourth-order valence-corrected chi connectivity index (χ4v) is 3.83. The van der Waals surface area contributed by atoms with Crippen LogP contribution in [0.3, 0.4) is 0 Å². The largest absolute Gasteiger partial charge is 0.496 e. The molecule has 0 unspecified atom stereocenters. The van der Waals surface area contributed by atoms with E-state index in [0.29, 0.717) is 22.8 Å². The van der Waals surface area contributed by atoms with Gasteiger partial charge < -0.3 is 18.9 Å². The molecule has 3 rings (SSSR count). The van der Waals surface area contributed by atoms with E-state index >= 15 is 0 Å². The van der Waals surface area contributed by atoms with Gasteiger partial charge in [-0.05, 0) is 55.5 Å². The molecule has 0 N–H and O–H groups in total. The van der Waals surface area contributed by atoms with Gasteiger partial charge in [0.05, 0.1) is 33.0 Å². The van der Waals surface area contributed by atoms with Crippen LogP contribution in [-0.4, -0.2) is 33.2 Å². The van der Waals surface area contributed by atoms with Gasteiger partial charge in [-0.2, -0.15) is 0 Å². The van der Waals surface area contributed by atoms with Gasteiger partial charge in [-0.15, -0.1) is 0 Å². The van der Waals surface area contributed by atoms with Crippen molar-refractivity contribution in [2.24, 2.45) is 0 Å². The Bertz CT molecular complexity index is 839. The molecule has 1 saturated carbocycles. The van der Waals surface area contributed by atoms with Gasteiger partial charge in [0.25, 0.3) is 0 Å². The van der Waals surface area contributed by atoms with Crippen molar-refractivity contribution < 1.29 is 23.7 Å². The second-order valence-electron chi connectivity index (χ2n) is 7.44. The first kappa shape index (κ1) is 21.0. The third kappa shape index (κ3) is 4.84. The first-order valence-corrected chi connectivity index (χ1v) is 10.2. The number of ketones is 1. The van der Waals surface area contributed by atoms with E-state index in [0.717, 1.165) is 24.2 Å². The quantitative estimate of drug-likeness (QED) is 0.557. The summed E-state index contributed by atoms with van der Waals surface area (Å²) in [5, 5.41) is 0. The average Bonchev–Trinajstić information content (AvgIpc) is 2.78. The molecule has 1 aliphatic rings. The van der Waals surface area contributed by atoms with Crippen molar-refractivity contribution in [3.63, 3.8) is 0 Å². The first-order valence-electron chi connectivity index (χ1n) is 10.2. The molecule has 1 atom stereocenters. The van der Waals surface area contributed by atoms with Crippen molar-refractivity contribution in [2.75, 3.05) is 21.3 Å². The predicted octanol–water partition coefficient (Wildman–Crippen LogP) is 5.41. The number of methoxy groups -OCH3 is 3. The summed E-state index contributed by atoms with van der Waals surface area (Å²) < 4.78 is 22.3. The highest BCUT2D eigenvalue weighted by molar-refractivity contribution is 6.03. The van der Waals surface area contributed by atoms with Crippen LogP contribution in [0.25, 0.3) is 0 Å². The van der Waals surface area contributed by atoms with Crippen LogP contribution in [0, 0.1) is 0 Å². The van der Waals surface area contributed by atoms with Crippen molar-refractivity contribution in [3.05, 3.63) is 47.5 Å². The minimum atomic E-state index is -0.353. The Morgan fingerprint density at radius 2 is 1.55 bits per heavy atom. The number of hydrogen-bond donors (Lipinski definition) is 0. The lowest BCUT2D eigenvalue weighted by Crippen LogP contribution is -2.19. The van der Waals surface area contributed by atoms with E-state index in [4.69, 9.17) is 18.9 Å². The van der Waals surface area contributed by atoms with Crippen molar-refractivity contribution in [2.45, 2.75) is 51.0 Å². The molecule has 5 heteroatoms. The number of rotatable bonds is 8. The van der Waals surface area contributed by atoms with E-state index in [2.05, 4.69) is 0 Å². The zero-order valence-corrected chi connectivity index (χ0v) is 17.7. The van der Waals surface area contributed by atoms with Crippen LogP contribution in [0.15, 0.2) is 36.4 Å². The summed E-state index contributed by atoms with van der Waals surface area (Å²) in [4.78, 5) is 13.2. The Morgan fingerprint density at radius 1 is 0.862 bits per heavy atom. The van der Waals surface area contributed by atoms with Crippen molar-refractivity contribution >= 4 is 5.78 Å². The molecule has 1 fully saturated rings. The molecule has 0 radical (unpaired) electrons. The lowest BCUT2D eigenvalue weighted by Gasteiger charge is -2.23. The highest BCUT2D eigenvalue weighted by Crippen LogP contribution is 2.34. The SMILES string of the molecule is COc1ccc([C@@H](C)C(=O)c2ccc(OC3CCCCC3)cc2OC)cc1OC. The van der Waals surface area contributed by atoms with E-state index in [1.54, 1.807) is 27.4 Å². The third-order valence-electron chi connectivity index (χ3n) is 5.59. The number of carbonyl (C=O) groups excluding carboxylic acids is 1. The van der Waals surface area contributed by atoms with E-state index < -0.39 is 0 Å². The van der Waals surface area contributed by atoms with Gasteiger partial charge in [-0.25, -0.2) is 0 Å². The molecule has 2 aromatic carbocycles. The highest BCUT2D eigenvalue weighted by atomic mass is 16.5. The highest BCUT2D eigenvalue weighted by Gasteiger charge is 2.23. The van der Waals surface area contributed by atoms with Crippen LogP contribution in [0.4, 0.5) is 0 Å². The van der Waals surface area contributed by atoms with Gasteiger partial charge in [0, 0.05) is 12.0 Å². The zero-order valence-electron chi connectivity index (χ0n) is 17.7. The second-order valence-corrected chi connectivity index (χ2v) is 7.44. The topological polar surface area (TPSA) is 54.0 Å². The maximum Gasteiger partial charge on any atom is 0.173 e. The summed E-state index contributed by atoms with van der Waals surface area (Å²) >= 11 is 0. The molecular weight excluding hydrogens is 368 g/mol. The Balaban J connectivity index is 1.80. The number of benzene rings is 2. The smallest absolute Gasteiger partial charge is 0.173 e. The maximum atomic E-state index is 13.2. The molecule has 0 saturated heterocycles. The average molecular weight is 398 g/mol. The van der Waals surface area contributed by atoms with E-state index in [-0.39, 0.29) is 17.8 Å². The van der Waals surface area contributed by atoms with Crippen molar-refractivity contribution in [3.8, 4) is 23.0 Å². The molecule has 1 aliphatic carbocycles. The standard InChI is InChI=1S/C24H30O5/c1-16(17-10-13-21(26-2)23(14-17)28-4)24(25)20-12-11-19(15-22(20)27-3)29-18-8-6-5-7-9-18/h10-16,18H,5-9H2,1-4H3/t16-/m1/s1. The Morgan fingerprint density at radius 3 is 2.21 bits per heavy atom. The van der Waals surface area contributed by atoms with Crippen LogP contribution in [0.5, 0.6) is 23.0 Å². The number of carbonyl (C=O) groups is 1. The third-order valence-corrected chi connectivity index (χ3v) is 5.59. The molecule has 2 aromatic rings. The molecule has 0 aliphatic heterocycles. The van der Waals surface area contributed by atoms with Crippen molar-refractivity contribution in [1.29, 1.82) is 0 Å². The minimum absolute atomic E-state index is 0.0155. The summed E-state index contributed by atoms with van der Waals surface area (Å²) in [5.41, 5.74) is 1.41. The van der Waals surface area contributed by atoms with Gasteiger partial charge in [-0.3, -0.25) is 4.79 Å². The summed E-state index contributed by atoms with van der Waals surface area (Å²) in [6.07, 6.45) is 6.12. The fraction of sp³-hybridized carbons (Fsp3) is 0.458. The van der Waals surface area contributed by atoms with Gasteiger partial charge in [-0.1, -0.05) is 19.4 Å². The van der Waals surface area contributed by atoms with Gasteiger partial charge in [0.15, 0.2) is 17.3 Å². The fourth-order valence-electron chi connectivity index (χ4n) is 3.83. The number of Topliss-reactive ketones (excluding diaryl/α,β-unsaturated/α-hetero) is 1. The monoisotopic (exact) mass is 398 g/mol. The maximum absolute atomic E-state index is 13.2. The molecular formula is C24H30O5. The summed E-state index contributed by atoms with van der Waals surface area (Å²) in [6.45, 7) is 1.88. The summed E-state index contributed by atoms with van der Waals surface area (Å²) in [7, 11) is 4.76. The minimum Gasteiger partial charge on any atom is -0.496 e. The lowest BCUT2D eigenvalue weighted by molar-refractivity contribution is 0.0963. The van der Waals surface area contributed by atoms with Gasteiger partial charge in [0.1, 0.15) is 11.5 Å². The molecule has 156 valence electrons. The van der Waals surface area contributed by atoms with Crippen LogP contribution in [-0.2, 0) is 0 Å². The van der Waals surface area contributed by atoms with E-state index in [9.17, 15) is 4.79 Å². The lowest BCUT2D eigenvalue weighted by atomic mass is 9.91. The zero-order chi connectivity index (χ0) is 20.8. The normalized spacial score (nSPS) is 15.4. The summed E-state index contributed by atoms with van der Waals surface area (Å²) in [5.74, 6) is 2.16. The molecule has 29 heavy (non-hydrogen) atoms. The molecule has 0 aromatic heterocycles. The Kier molecular flexibility index (Phi) is 7.02. The van der Waals surface area contributed by atoms with E-state index in [1.165, 1.54) is 19.3 Å². The summed E-state index contributed by atoms with van der Waals surface area (Å²) in [6, 6.07) is 11.0. The van der Waals surface area contributed by atoms with Crippen LogP contribution >= 0.6 is 0 Å². The molecule has 0 amide bonds. The molecule has 0 spiro atoms.